The summed E-state index contributed by atoms with van der Waals surface area (Å²) in [7, 11) is 0. The van der Waals surface area contributed by atoms with Crippen molar-refractivity contribution in [2.75, 3.05) is 32.8 Å². The van der Waals surface area contributed by atoms with E-state index in [1.54, 1.807) is 12.1 Å². The van der Waals surface area contributed by atoms with E-state index in [4.69, 9.17) is 9.84 Å². The minimum atomic E-state index is -0.953. The molecule has 1 aliphatic heterocycles. The topological polar surface area (TPSA) is 78.9 Å². The molecule has 6 heteroatoms. The highest BCUT2D eigenvalue weighted by Gasteiger charge is 2.15. The molecule has 2 N–H and O–H groups in total. The van der Waals surface area contributed by atoms with Crippen molar-refractivity contribution in [1.82, 2.24) is 10.2 Å². The summed E-state index contributed by atoms with van der Waals surface area (Å²) in [5, 5.41) is 11.5. The van der Waals surface area contributed by atoms with Crippen LogP contribution in [0, 0.1) is 0 Å². The average molecular weight is 264 g/mol. The van der Waals surface area contributed by atoms with E-state index in [2.05, 4.69) is 5.32 Å². The number of carboxylic acids is 1. The van der Waals surface area contributed by atoms with E-state index in [-0.39, 0.29) is 11.5 Å². The predicted molar refractivity (Wildman–Crippen MR) is 68.3 cm³/mol. The number of aromatic carboxylic acids is 1. The van der Waals surface area contributed by atoms with Crippen molar-refractivity contribution in [1.29, 1.82) is 0 Å². The maximum atomic E-state index is 11.2. The summed E-state index contributed by atoms with van der Waals surface area (Å²) in [5.74, 6) is -0.283. The van der Waals surface area contributed by atoms with E-state index >= 15 is 0 Å². The number of amides is 1. The van der Waals surface area contributed by atoms with Crippen LogP contribution in [0.5, 0.6) is 5.75 Å². The summed E-state index contributed by atoms with van der Waals surface area (Å²) >= 11 is 0. The SMILES string of the molecule is O=C1CN(CCOc2ccc(C(=O)O)cc2)CCN1. The second-order valence-corrected chi connectivity index (χ2v) is 4.30. The Bertz CT molecular complexity index is 458. The lowest BCUT2D eigenvalue weighted by Gasteiger charge is -2.26. The molecule has 0 saturated carbocycles. The van der Waals surface area contributed by atoms with Gasteiger partial charge >= 0.3 is 5.97 Å². The highest BCUT2D eigenvalue weighted by atomic mass is 16.5. The molecule has 1 aromatic rings. The fourth-order valence-corrected chi connectivity index (χ4v) is 1.87. The Morgan fingerprint density at radius 1 is 1.37 bits per heavy atom. The van der Waals surface area contributed by atoms with Gasteiger partial charge in [0.1, 0.15) is 12.4 Å². The van der Waals surface area contributed by atoms with Crippen molar-refractivity contribution < 1.29 is 19.4 Å². The van der Waals surface area contributed by atoms with Gasteiger partial charge in [0.15, 0.2) is 0 Å². The molecule has 1 heterocycles. The van der Waals surface area contributed by atoms with Crippen molar-refractivity contribution in [3.05, 3.63) is 29.8 Å². The number of carbonyl (C=O) groups excluding carboxylic acids is 1. The molecule has 0 aromatic heterocycles. The van der Waals surface area contributed by atoms with Gasteiger partial charge in [-0.2, -0.15) is 0 Å². The van der Waals surface area contributed by atoms with Crippen molar-refractivity contribution in [2.24, 2.45) is 0 Å². The summed E-state index contributed by atoms with van der Waals surface area (Å²) in [6.45, 7) is 3.05. The van der Waals surface area contributed by atoms with Crippen molar-refractivity contribution in [3.63, 3.8) is 0 Å². The van der Waals surface area contributed by atoms with Crippen LogP contribution in [0.3, 0.4) is 0 Å². The molecule has 0 unspecified atom stereocenters. The normalized spacial score (nSPS) is 15.9. The third kappa shape index (κ3) is 3.96. The molecule has 0 atom stereocenters. The Morgan fingerprint density at radius 2 is 2.11 bits per heavy atom. The molecule has 19 heavy (non-hydrogen) atoms. The van der Waals surface area contributed by atoms with Crippen LogP contribution in [0.1, 0.15) is 10.4 Å². The van der Waals surface area contributed by atoms with Crippen LogP contribution in [0.25, 0.3) is 0 Å². The predicted octanol–water partition coefficient (Wildman–Crippen LogP) is 0.195. The minimum absolute atomic E-state index is 0.0389. The molecule has 6 nitrogen and oxygen atoms in total. The van der Waals surface area contributed by atoms with Crippen molar-refractivity contribution in [2.45, 2.75) is 0 Å². The maximum absolute atomic E-state index is 11.2. The number of nitrogens with zero attached hydrogens (tertiary/aromatic N) is 1. The number of nitrogens with one attached hydrogen (secondary N) is 1. The average Bonchev–Trinajstić information content (AvgIpc) is 2.39. The molecule has 2 rings (SSSR count). The van der Waals surface area contributed by atoms with Gasteiger partial charge in [0.25, 0.3) is 0 Å². The lowest BCUT2D eigenvalue weighted by molar-refractivity contribution is -0.124. The highest BCUT2D eigenvalue weighted by Crippen LogP contribution is 2.12. The number of ether oxygens (including phenoxy) is 1. The zero-order valence-corrected chi connectivity index (χ0v) is 10.5. The quantitative estimate of drug-likeness (QED) is 0.794. The van der Waals surface area contributed by atoms with Gasteiger partial charge in [0.05, 0.1) is 12.1 Å². The molecule has 1 saturated heterocycles. The van der Waals surface area contributed by atoms with Crippen LogP contribution in [0.15, 0.2) is 24.3 Å². The zero-order chi connectivity index (χ0) is 13.7. The fourth-order valence-electron chi connectivity index (χ4n) is 1.87. The van der Waals surface area contributed by atoms with E-state index in [9.17, 15) is 9.59 Å². The number of hydrogen-bond acceptors (Lipinski definition) is 4. The fraction of sp³-hybridized carbons (Fsp3) is 0.385. The number of carboxylic acid groups (broad SMARTS) is 1. The standard InChI is InChI=1S/C13H16N2O4/c16-12-9-15(6-5-14-12)7-8-19-11-3-1-10(2-4-11)13(17)18/h1-4H,5-9H2,(H,14,16)(H,17,18). The van der Waals surface area contributed by atoms with Crippen LogP contribution in [0.2, 0.25) is 0 Å². The highest BCUT2D eigenvalue weighted by molar-refractivity contribution is 5.87. The van der Waals surface area contributed by atoms with Crippen LogP contribution in [-0.2, 0) is 4.79 Å². The molecule has 0 aliphatic carbocycles. The number of piperazine rings is 1. The number of rotatable bonds is 5. The van der Waals surface area contributed by atoms with Gasteiger partial charge in [-0.25, -0.2) is 4.79 Å². The first-order valence-corrected chi connectivity index (χ1v) is 6.10. The Labute approximate surface area is 111 Å². The molecular formula is C13H16N2O4. The second kappa shape index (κ2) is 6.19. The molecule has 102 valence electrons. The molecule has 1 fully saturated rings. The van der Waals surface area contributed by atoms with E-state index in [0.717, 1.165) is 6.54 Å². The summed E-state index contributed by atoms with van der Waals surface area (Å²) in [4.78, 5) is 23.9. The minimum Gasteiger partial charge on any atom is -0.492 e. The molecule has 0 bridgehead atoms. The van der Waals surface area contributed by atoms with Gasteiger partial charge in [0, 0.05) is 19.6 Å². The first kappa shape index (κ1) is 13.4. The zero-order valence-electron chi connectivity index (χ0n) is 10.5. The third-order valence-electron chi connectivity index (χ3n) is 2.89. The summed E-state index contributed by atoms with van der Waals surface area (Å²) < 4.78 is 5.51. The first-order chi connectivity index (χ1) is 9.15. The third-order valence-corrected chi connectivity index (χ3v) is 2.89. The van der Waals surface area contributed by atoms with Crippen LogP contribution >= 0.6 is 0 Å². The van der Waals surface area contributed by atoms with E-state index < -0.39 is 5.97 Å². The van der Waals surface area contributed by atoms with Gasteiger partial charge in [-0.3, -0.25) is 9.69 Å². The molecular weight excluding hydrogens is 248 g/mol. The Hall–Kier alpha value is -2.08. The molecule has 0 radical (unpaired) electrons. The van der Waals surface area contributed by atoms with Crippen LogP contribution in [0.4, 0.5) is 0 Å². The Kier molecular flexibility index (Phi) is 4.35. The smallest absolute Gasteiger partial charge is 0.335 e. The number of hydrogen-bond donors (Lipinski definition) is 2. The van der Waals surface area contributed by atoms with Crippen LogP contribution in [-0.4, -0.2) is 54.7 Å². The second-order valence-electron chi connectivity index (χ2n) is 4.30. The van der Waals surface area contributed by atoms with Crippen molar-refractivity contribution in [3.8, 4) is 5.75 Å². The molecule has 1 aromatic carbocycles. The van der Waals surface area contributed by atoms with Gasteiger partial charge in [0.2, 0.25) is 5.91 Å². The first-order valence-electron chi connectivity index (χ1n) is 6.10. The Balaban J connectivity index is 1.76. The van der Waals surface area contributed by atoms with E-state index in [1.807, 2.05) is 4.90 Å². The molecule has 0 spiro atoms. The van der Waals surface area contributed by atoms with Gasteiger partial charge in [-0.05, 0) is 24.3 Å². The molecule has 1 amide bonds. The maximum Gasteiger partial charge on any atom is 0.335 e. The lowest BCUT2D eigenvalue weighted by Crippen LogP contribution is -2.48. The molecule has 1 aliphatic rings. The monoisotopic (exact) mass is 264 g/mol. The van der Waals surface area contributed by atoms with Crippen molar-refractivity contribution >= 4 is 11.9 Å². The number of benzene rings is 1. The summed E-state index contributed by atoms with van der Waals surface area (Å²) in [6, 6.07) is 6.27. The summed E-state index contributed by atoms with van der Waals surface area (Å²) in [6.07, 6.45) is 0. The van der Waals surface area contributed by atoms with E-state index in [1.165, 1.54) is 12.1 Å². The lowest BCUT2D eigenvalue weighted by atomic mass is 10.2. The van der Waals surface area contributed by atoms with E-state index in [0.29, 0.717) is 32.0 Å². The Morgan fingerprint density at radius 3 is 2.74 bits per heavy atom. The number of carbonyl (C=O) groups is 2. The largest absolute Gasteiger partial charge is 0.492 e. The van der Waals surface area contributed by atoms with Gasteiger partial charge < -0.3 is 15.2 Å². The van der Waals surface area contributed by atoms with Gasteiger partial charge in [-0.15, -0.1) is 0 Å². The summed E-state index contributed by atoms with van der Waals surface area (Å²) in [5.41, 5.74) is 0.236. The van der Waals surface area contributed by atoms with Crippen LogP contribution < -0.4 is 10.1 Å². The van der Waals surface area contributed by atoms with Gasteiger partial charge in [-0.1, -0.05) is 0 Å².